The van der Waals surface area contributed by atoms with Gasteiger partial charge in [-0.15, -0.1) is 0 Å². The van der Waals surface area contributed by atoms with Crippen LogP contribution in [0.2, 0.25) is 0 Å². The Bertz CT molecular complexity index is 442. The van der Waals surface area contributed by atoms with Crippen LogP contribution in [-0.4, -0.2) is 47.2 Å². The Balaban J connectivity index is 1.98. The van der Waals surface area contributed by atoms with Crippen molar-refractivity contribution in [2.24, 2.45) is 5.92 Å². The molecule has 2 heterocycles. The maximum absolute atomic E-state index is 11.3. The van der Waals surface area contributed by atoms with E-state index in [4.69, 9.17) is 4.74 Å². The van der Waals surface area contributed by atoms with Crippen LogP contribution in [-0.2, 0) is 22.5 Å². The van der Waals surface area contributed by atoms with Crippen LogP contribution < -0.4 is 0 Å². The number of nitrogens with zero attached hydrogens (tertiary/aromatic N) is 3. The zero-order chi connectivity index (χ0) is 13.8. The van der Waals surface area contributed by atoms with Gasteiger partial charge in [0.1, 0.15) is 5.82 Å². The highest BCUT2D eigenvalue weighted by Gasteiger charge is 2.25. The van der Waals surface area contributed by atoms with Crippen LogP contribution in [0.1, 0.15) is 24.9 Å². The minimum atomic E-state index is 0.182. The van der Waals surface area contributed by atoms with Gasteiger partial charge < -0.3 is 14.2 Å². The van der Waals surface area contributed by atoms with Crippen molar-refractivity contribution in [1.29, 1.82) is 0 Å². The number of rotatable bonds is 5. The molecule has 0 spiro atoms. The maximum atomic E-state index is 11.3. The number of methoxy groups -OCH3 is 1. The average molecular weight is 265 g/mol. The summed E-state index contributed by atoms with van der Waals surface area (Å²) in [6, 6.07) is 0. The van der Waals surface area contributed by atoms with Gasteiger partial charge in [0.15, 0.2) is 0 Å². The normalized spacial score (nSPS) is 19.1. The smallest absolute Gasteiger partial charge is 0.219 e. The Morgan fingerprint density at radius 3 is 3.00 bits per heavy atom. The summed E-state index contributed by atoms with van der Waals surface area (Å²) in [5.41, 5.74) is 1.17. The molecule has 5 heteroatoms. The summed E-state index contributed by atoms with van der Waals surface area (Å²) in [6.45, 7) is 7.02. The summed E-state index contributed by atoms with van der Waals surface area (Å²) < 4.78 is 7.36. The molecule has 1 aliphatic rings. The zero-order valence-corrected chi connectivity index (χ0v) is 12.1. The number of amides is 1. The van der Waals surface area contributed by atoms with E-state index in [2.05, 4.69) is 16.5 Å². The van der Waals surface area contributed by atoms with Crippen LogP contribution in [0.25, 0.3) is 0 Å². The van der Waals surface area contributed by atoms with Crippen LogP contribution in [0.3, 0.4) is 0 Å². The van der Waals surface area contributed by atoms with Crippen LogP contribution in [0.5, 0.6) is 0 Å². The number of ether oxygens (including phenoxy) is 1. The van der Waals surface area contributed by atoms with E-state index in [0.717, 1.165) is 38.3 Å². The molecule has 5 nitrogen and oxygen atoms in total. The minimum absolute atomic E-state index is 0.182. The van der Waals surface area contributed by atoms with Gasteiger partial charge in [0.2, 0.25) is 5.91 Å². The largest absolute Gasteiger partial charge is 0.383 e. The molecule has 1 aromatic rings. The van der Waals surface area contributed by atoms with E-state index in [1.165, 1.54) is 5.69 Å². The molecule has 1 amide bonds. The molecule has 0 bridgehead atoms. The fraction of sp³-hybridized carbons (Fsp3) is 0.714. The first-order valence-electron chi connectivity index (χ1n) is 6.87. The van der Waals surface area contributed by atoms with E-state index in [-0.39, 0.29) is 5.91 Å². The summed E-state index contributed by atoms with van der Waals surface area (Å²) >= 11 is 0. The molecule has 2 rings (SSSR count). The van der Waals surface area contributed by atoms with E-state index in [0.29, 0.717) is 12.5 Å². The summed E-state index contributed by atoms with van der Waals surface area (Å²) in [5.74, 6) is 1.83. The first kappa shape index (κ1) is 14.1. The number of carbonyl (C=O) groups is 1. The topological polar surface area (TPSA) is 47.4 Å². The van der Waals surface area contributed by atoms with Crippen molar-refractivity contribution in [3.8, 4) is 0 Å². The second-order valence-corrected chi connectivity index (χ2v) is 5.28. The van der Waals surface area contributed by atoms with Gasteiger partial charge in [-0.05, 0) is 19.3 Å². The van der Waals surface area contributed by atoms with E-state index in [1.807, 2.05) is 11.1 Å². The van der Waals surface area contributed by atoms with Gasteiger partial charge in [-0.1, -0.05) is 0 Å². The molecule has 106 valence electrons. The quantitative estimate of drug-likeness (QED) is 0.805. The lowest BCUT2D eigenvalue weighted by molar-refractivity contribution is -0.127. The second-order valence-electron chi connectivity index (χ2n) is 5.28. The molecular formula is C14H23N3O2. The summed E-state index contributed by atoms with van der Waals surface area (Å²) in [4.78, 5) is 17.8. The SMILES string of the molecule is COCCn1c(C)cnc1CC1CCN(C(C)=O)C1. The highest BCUT2D eigenvalue weighted by molar-refractivity contribution is 5.73. The Hall–Kier alpha value is -1.36. The van der Waals surface area contributed by atoms with Crippen molar-refractivity contribution in [3.63, 3.8) is 0 Å². The highest BCUT2D eigenvalue weighted by Crippen LogP contribution is 2.21. The minimum Gasteiger partial charge on any atom is -0.383 e. The molecule has 19 heavy (non-hydrogen) atoms. The van der Waals surface area contributed by atoms with E-state index >= 15 is 0 Å². The summed E-state index contributed by atoms with van der Waals surface area (Å²) in [6.07, 6.45) is 3.94. The van der Waals surface area contributed by atoms with Crippen molar-refractivity contribution in [2.45, 2.75) is 33.2 Å². The number of hydrogen-bond donors (Lipinski definition) is 0. The molecule has 0 aliphatic carbocycles. The van der Waals surface area contributed by atoms with Gasteiger partial charge >= 0.3 is 0 Å². The van der Waals surface area contributed by atoms with Crippen molar-refractivity contribution in [1.82, 2.24) is 14.5 Å². The van der Waals surface area contributed by atoms with Crippen LogP contribution >= 0.6 is 0 Å². The summed E-state index contributed by atoms with van der Waals surface area (Å²) in [7, 11) is 1.72. The predicted molar refractivity (Wildman–Crippen MR) is 72.9 cm³/mol. The highest BCUT2D eigenvalue weighted by atomic mass is 16.5. The van der Waals surface area contributed by atoms with Crippen molar-refractivity contribution in [2.75, 3.05) is 26.8 Å². The number of hydrogen-bond acceptors (Lipinski definition) is 3. The molecule has 1 aliphatic heterocycles. The fourth-order valence-corrected chi connectivity index (χ4v) is 2.71. The molecule has 0 N–H and O–H groups in total. The second kappa shape index (κ2) is 6.19. The average Bonchev–Trinajstić information content (AvgIpc) is 2.96. The van der Waals surface area contributed by atoms with Crippen LogP contribution in [0.15, 0.2) is 6.20 Å². The molecule has 0 aromatic carbocycles. The number of likely N-dealkylation sites (tertiary alicyclic amines) is 1. The monoisotopic (exact) mass is 265 g/mol. The first-order chi connectivity index (χ1) is 9.11. The standard InChI is InChI=1S/C14H23N3O2/c1-11-9-15-14(17(11)6-7-19-3)8-13-4-5-16(10-13)12(2)18/h9,13H,4-8,10H2,1-3H3. The molecule has 0 saturated carbocycles. The van der Waals surface area contributed by atoms with Crippen LogP contribution in [0, 0.1) is 12.8 Å². The number of carbonyl (C=O) groups excluding carboxylic acids is 1. The third-order valence-electron chi connectivity index (χ3n) is 3.86. The lowest BCUT2D eigenvalue weighted by Crippen LogP contribution is -2.26. The Kier molecular flexibility index (Phi) is 4.58. The lowest BCUT2D eigenvalue weighted by atomic mass is 10.0. The van der Waals surface area contributed by atoms with E-state index < -0.39 is 0 Å². The van der Waals surface area contributed by atoms with Crippen LogP contribution in [0.4, 0.5) is 0 Å². The Morgan fingerprint density at radius 1 is 1.58 bits per heavy atom. The third-order valence-corrected chi connectivity index (χ3v) is 3.86. The molecule has 1 unspecified atom stereocenters. The first-order valence-corrected chi connectivity index (χ1v) is 6.87. The van der Waals surface area contributed by atoms with Gasteiger partial charge in [-0.2, -0.15) is 0 Å². The molecule has 1 saturated heterocycles. The Morgan fingerprint density at radius 2 is 2.37 bits per heavy atom. The van der Waals surface area contributed by atoms with Crippen molar-refractivity contribution in [3.05, 3.63) is 17.7 Å². The van der Waals surface area contributed by atoms with Gasteiger partial charge in [-0.3, -0.25) is 4.79 Å². The van der Waals surface area contributed by atoms with Gasteiger partial charge in [0, 0.05) is 52.0 Å². The van der Waals surface area contributed by atoms with E-state index in [1.54, 1.807) is 14.0 Å². The Labute approximate surface area is 114 Å². The molecular weight excluding hydrogens is 242 g/mol. The molecule has 1 atom stereocenters. The third kappa shape index (κ3) is 3.35. The zero-order valence-electron chi connectivity index (χ0n) is 12.1. The fourth-order valence-electron chi connectivity index (χ4n) is 2.71. The maximum Gasteiger partial charge on any atom is 0.219 e. The number of aryl methyl sites for hydroxylation is 1. The molecule has 0 radical (unpaired) electrons. The number of imidazole rings is 1. The molecule has 1 fully saturated rings. The predicted octanol–water partition coefficient (Wildman–Crippen LogP) is 1.25. The summed E-state index contributed by atoms with van der Waals surface area (Å²) in [5, 5.41) is 0. The van der Waals surface area contributed by atoms with Gasteiger partial charge in [0.05, 0.1) is 6.61 Å². The van der Waals surface area contributed by atoms with Gasteiger partial charge in [0.25, 0.3) is 0 Å². The van der Waals surface area contributed by atoms with Gasteiger partial charge in [-0.25, -0.2) is 4.98 Å². The van der Waals surface area contributed by atoms with Crippen molar-refractivity contribution >= 4 is 5.91 Å². The van der Waals surface area contributed by atoms with E-state index in [9.17, 15) is 4.79 Å². The lowest BCUT2D eigenvalue weighted by Gasteiger charge is -2.15. The van der Waals surface area contributed by atoms with Crippen molar-refractivity contribution < 1.29 is 9.53 Å². The number of aromatic nitrogens is 2. The molecule has 1 aromatic heterocycles.